The third kappa shape index (κ3) is 3.35. The van der Waals surface area contributed by atoms with Gasteiger partial charge in [-0.2, -0.15) is 0 Å². The fraction of sp³-hybridized carbons (Fsp3) is 0.286. The Bertz CT molecular complexity index is 527. The number of carbonyl (C=O) groups is 2. The highest BCUT2D eigenvalue weighted by atomic mass is 35.5. The van der Waals surface area contributed by atoms with Crippen molar-refractivity contribution in [3.63, 3.8) is 0 Å². The standard InChI is InChI=1S/C14H14ClNO3/c15-9-4-3-5-10(8-9)16-13(17)11-6-1-2-7-12(11)14(18)19/h1-5,8,11-12H,6-7H2,(H,16,17)(H,18,19)/t11-,12-/m0/s1. The molecule has 100 valence electrons. The maximum Gasteiger partial charge on any atom is 0.307 e. The van der Waals surface area contributed by atoms with Crippen LogP contribution in [0.4, 0.5) is 5.69 Å². The summed E-state index contributed by atoms with van der Waals surface area (Å²) in [6.07, 6.45) is 4.50. The van der Waals surface area contributed by atoms with Gasteiger partial charge in [0.15, 0.2) is 0 Å². The summed E-state index contributed by atoms with van der Waals surface area (Å²) in [5.74, 6) is -2.42. The van der Waals surface area contributed by atoms with Gasteiger partial charge in [0.05, 0.1) is 11.8 Å². The Balaban J connectivity index is 2.10. The first-order chi connectivity index (χ1) is 9.08. The molecule has 1 aromatic carbocycles. The maximum atomic E-state index is 12.1. The van der Waals surface area contributed by atoms with Gasteiger partial charge in [0.1, 0.15) is 0 Å². The minimum atomic E-state index is -0.935. The van der Waals surface area contributed by atoms with E-state index in [9.17, 15) is 9.59 Å². The maximum absolute atomic E-state index is 12.1. The first kappa shape index (κ1) is 13.6. The van der Waals surface area contributed by atoms with Gasteiger partial charge in [-0.3, -0.25) is 9.59 Å². The highest BCUT2D eigenvalue weighted by molar-refractivity contribution is 6.30. The number of rotatable bonds is 3. The van der Waals surface area contributed by atoms with Crippen LogP contribution in [0.25, 0.3) is 0 Å². The van der Waals surface area contributed by atoms with E-state index < -0.39 is 17.8 Å². The molecule has 0 saturated carbocycles. The summed E-state index contributed by atoms with van der Waals surface area (Å²) in [5.41, 5.74) is 0.580. The third-order valence-corrected chi connectivity index (χ3v) is 3.41. The predicted molar refractivity (Wildman–Crippen MR) is 73.1 cm³/mol. The van der Waals surface area contributed by atoms with E-state index in [-0.39, 0.29) is 5.91 Å². The van der Waals surface area contributed by atoms with Crippen LogP contribution in [0.15, 0.2) is 36.4 Å². The lowest BCUT2D eigenvalue weighted by Gasteiger charge is -2.24. The quantitative estimate of drug-likeness (QED) is 0.836. The molecule has 2 atom stereocenters. The van der Waals surface area contributed by atoms with E-state index in [2.05, 4.69) is 5.32 Å². The molecule has 0 radical (unpaired) electrons. The number of anilines is 1. The molecule has 1 aliphatic rings. The summed E-state index contributed by atoms with van der Waals surface area (Å²) in [7, 11) is 0. The summed E-state index contributed by atoms with van der Waals surface area (Å²) in [4.78, 5) is 23.3. The van der Waals surface area contributed by atoms with E-state index in [4.69, 9.17) is 16.7 Å². The van der Waals surface area contributed by atoms with Crippen molar-refractivity contribution in [3.8, 4) is 0 Å². The van der Waals surface area contributed by atoms with Crippen molar-refractivity contribution in [2.45, 2.75) is 12.8 Å². The van der Waals surface area contributed by atoms with Crippen LogP contribution >= 0.6 is 11.6 Å². The van der Waals surface area contributed by atoms with Gasteiger partial charge in [-0.15, -0.1) is 0 Å². The Labute approximate surface area is 116 Å². The Hall–Kier alpha value is -1.81. The Morgan fingerprint density at radius 1 is 1.21 bits per heavy atom. The fourth-order valence-corrected chi connectivity index (χ4v) is 2.37. The Morgan fingerprint density at radius 2 is 1.89 bits per heavy atom. The van der Waals surface area contributed by atoms with Crippen molar-refractivity contribution in [3.05, 3.63) is 41.4 Å². The second kappa shape index (κ2) is 5.89. The molecular weight excluding hydrogens is 266 g/mol. The highest BCUT2D eigenvalue weighted by Gasteiger charge is 2.33. The van der Waals surface area contributed by atoms with E-state index in [0.29, 0.717) is 23.6 Å². The van der Waals surface area contributed by atoms with Gasteiger partial charge in [-0.05, 0) is 31.0 Å². The molecule has 2 N–H and O–H groups in total. The molecule has 0 fully saturated rings. The van der Waals surface area contributed by atoms with Crippen molar-refractivity contribution in [2.75, 3.05) is 5.32 Å². The lowest BCUT2D eigenvalue weighted by Crippen LogP contribution is -2.34. The molecule has 0 bridgehead atoms. The summed E-state index contributed by atoms with van der Waals surface area (Å²) in [5, 5.41) is 12.4. The minimum Gasteiger partial charge on any atom is -0.481 e. The number of benzene rings is 1. The molecule has 0 saturated heterocycles. The summed E-state index contributed by atoms with van der Waals surface area (Å²) >= 11 is 5.84. The average Bonchev–Trinajstić information content (AvgIpc) is 2.38. The monoisotopic (exact) mass is 279 g/mol. The van der Waals surface area contributed by atoms with Crippen LogP contribution in [0.2, 0.25) is 5.02 Å². The van der Waals surface area contributed by atoms with Crippen LogP contribution in [-0.4, -0.2) is 17.0 Å². The van der Waals surface area contributed by atoms with Crippen molar-refractivity contribution in [1.82, 2.24) is 0 Å². The van der Waals surface area contributed by atoms with E-state index in [1.165, 1.54) is 0 Å². The molecule has 1 aromatic rings. The molecule has 19 heavy (non-hydrogen) atoms. The lowest BCUT2D eigenvalue weighted by molar-refractivity contribution is -0.146. The van der Waals surface area contributed by atoms with Gasteiger partial charge >= 0.3 is 5.97 Å². The molecule has 4 nitrogen and oxygen atoms in total. The number of nitrogens with one attached hydrogen (secondary N) is 1. The van der Waals surface area contributed by atoms with Crippen molar-refractivity contribution in [1.29, 1.82) is 0 Å². The number of aliphatic carboxylic acids is 1. The zero-order valence-electron chi connectivity index (χ0n) is 10.2. The second-order valence-electron chi connectivity index (χ2n) is 4.49. The second-order valence-corrected chi connectivity index (χ2v) is 4.93. The molecule has 0 aliphatic heterocycles. The van der Waals surface area contributed by atoms with Gasteiger partial charge in [0.2, 0.25) is 5.91 Å². The van der Waals surface area contributed by atoms with E-state index in [0.717, 1.165) is 0 Å². The smallest absolute Gasteiger partial charge is 0.307 e. The Morgan fingerprint density at radius 3 is 2.53 bits per heavy atom. The minimum absolute atomic E-state index is 0.279. The SMILES string of the molecule is O=C(O)[C@H]1CC=CC[C@@H]1C(=O)Nc1cccc(Cl)c1. The van der Waals surface area contributed by atoms with Crippen LogP contribution in [0.1, 0.15) is 12.8 Å². The van der Waals surface area contributed by atoms with Crippen LogP contribution < -0.4 is 5.32 Å². The third-order valence-electron chi connectivity index (χ3n) is 3.18. The van der Waals surface area contributed by atoms with E-state index >= 15 is 0 Å². The number of carboxylic acids is 1. The molecular formula is C14H14ClNO3. The van der Waals surface area contributed by atoms with Gasteiger partial charge in [0, 0.05) is 10.7 Å². The summed E-state index contributed by atoms with van der Waals surface area (Å²) in [6.45, 7) is 0. The zero-order chi connectivity index (χ0) is 13.8. The molecule has 5 heteroatoms. The van der Waals surface area contributed by atoms with Crippen LogP contribution in [0.5, 0.6) is 0 Å². The van der Waals surface area contributed by atoms with Crippen molar-refractivity contribution in [2.24, 2.45) is 11.8 Å². The highest BCUT2D eigenvalue weighted by Crippen LogP contribution is 2.27. The van der Waals surface area contributed by atoms with Crippen LogP contribution in [-0.2, 0) is 9.59 Å². The average molecular weight is 280 g/mol. The molecule has 0 aromatic heterocycles. The van der Waals surface area contributed by atoms with Gasteiger partial charge in [-0.1, -0.05) is 29.8 Å². The fourth-order valence-electron chi connectivity index (χ4n) is 2.18. The summed E-state index contributed by atoms with van der Waals surface area (Å²) in [6, 6.07) is 6.79. The van der Waals surface area contributed by atoms with Gasteiger partial charge in [0.25, 0.3) is 0 Å². The van der Waals surface area contributed by atoms with Crippen molar-refractivity contribution >= 4 is 29.2 Å². The first-order valence-corrected chi connectivity index (χ1v) is 6.40. The number of carbonyl (C=O) groups excluding carboxylic acids is 1. The van der Waals surface area contributed by atoms with Gasteiger partial charge in [-0.25, -0.2) is 0 Å². The topological polar surface area (TPSA) is 66.4 Å². The molecule has 1 amide bonds. The largest absolute Gasteiger partial charge is 0.481 e. The van der Waals surface area contributed by atoms with Crippen LogP contribution in [0.3, 0.4) is 0 Å². The van der Waals surface area contributed by atoms with Gasteiger partial charge < -0.3 is 10.4 Å². The molecule has 2 rings (SSSR count). The first-order valence-electron chi connectivity index (χ1n) is 6.02. The van der Waals surface area contributed by atoms with Crippen molar-refractivity contribution < 1.29 is 14.7 Å². The number of hydrogen-bond acceptors (Lipinski definition) is 2. The lowest BCUT2D eigenvalue weighted by atomic mass is 9.82. The predicted octanol–water partition coefficient (Wildman–Crippen LogP) is 2.95. The molecule has 0 heterocycles. The number of hydrogen-bond donors (Lipinski definition) is 2. The van der Waals surface area contributed by atoms with E-state index in [1.807, 2.05) is 12.2 Å². The number of amides is 1. The number of halogens is 1. The Kier molecular flexibility index (Phi) is 4.22. The van der Waals surface area contributed by atoms with E-state index in [1.54, 1.807) is 24.3 Å². The number of carboxylic acid groups (broad SMARTS) is 1. The summed E-state index contributed by atoms with van der Waals surface area (Å²) < 4.78 is 0. The normalized spacial score (nSPS) is 21.9. The number of allylic oxidation sites excluding steroid dienone is 2. The van der Waals surface area contributed by atoms with Crippen LogP contribution in [0, 0.1) is 11.8 Å². The molecule has 0 unspecified atom stereocenters. The molecule has 0 spiro atoms. The zero-order valence-corrected chi connectivity index (χ0v) is 10.9. The molecule has 1 aliphatic carbocycles.